The zero-order chi connectivity index (χ0) is 31.2. The van der Waals surface area contributed by atoms with Crippen LogP contribution in [0.25, 0.3) is 5.69 Å². The predicted octanol–water partition coefficient (Wildman–Crippen LogP) is 7.06. The van der Waals surface area contributed by atoms with Gasteiger partial charge in [-0.15, -0.1) is 8.78 Å². The maximum atomic E-state index is 14.2. The van der Waals surface area contributed by atoms with Gasteiger partial charge in [0.25, 0.3) is 0 Å². The summed E-state index contributed by atoms with van der Waals surface area (Å²) in [5, 5.41) is 10.5. The standard InChI is InChI=1S/C30H26F5N5O4/c1-16(18-8-11-23-24(14-18)44-30(34,35)43-23)37-25-15-20(12-13-36-25)40-26-21(27(39-40)29(31,32)33)4-3-5-22(26)38-19-9-6-17(7-10-19)28(41)42-2/h6-16,22,38H,3-5H2,1-2H3,(H,36,37)/t16-,22?/m0/s1. The molecule has 2 aliphatic rings. The number of alkyl halides is 5. The molecule has 6 rings (SSSR count). The van der Waals surface area contributed by atoms with Crippen LogP contribution in [0.5, 0.6) is 11.5 Å². The fourth-order valence-corrected chi connectivity index (χ4v) is 5.44. The number of fused-ring (bicyclic) bond motifs is 2. The summed E-state index contributed by atoms with van der Waals surface area (Å²) in [5.74, 6) is -0.364. The Kier molecular flexibility index (Phi) is 7.30. The monoisotopic (exact) mass is 615 g/mol. The Bertz CT molecular complexity index is 1710. The summed E-state index contributed by atoms with van der Waals surface area (Å²) in [4.78, 5) is 16.1. The summed E-state index contributed by atoms with van der Waals surface area (Å²) >= 11 is 0. The zero-order valence-electron chi connectivity index (χ0n) is 23.4. The van der Waals surface area contributed by atoms with Crippen molar-refractivity contribution in [1.29, 1.82) is 0 Å². The van der Waals surface area contributed by atoms with Crippen molar-refractivity contribution in [2.75, 3.05) is 17.7 Å². The molecule has 0 amide bonds. The number of hydrogen-bond acceptors (Lipinski definition) is 8. The van der Waals surface area contributed by atoms with E-state index in [0.29, 0.717) is 46.9 Å². The molecule has 0 saturated heterocycles. The second kappa shape index (κ2) is 11.0. The van der Waals surface area contributed by atoms with Crippen LogP contribution in [0.15, 0.2) is 60.8 Å². The van der Waals surface area contributed by atoms with Crippen molar-refractivity contribution in [1.82, 2.24) is 14.8 Å². The van der Waals surface area contributed by atoms with Gasteiger partial charge in [0.2, 0.25) is 0 Å². The van der Waals surface area contributed by atoms with Gasteiger partial charge in [0.1, 0.15) is 5.82 Å². The molecular formula is C30H26F5N5O4. The first-order valence-corrected chi connectivity index (χ1v) is 13.7. The predicted molar refractivity (Wildman–Crippen MR) is 148 cm³/mol. The number of aromatic nitrogens is 3. The van der Waals surface area contributed by atoms with Gasteiger partial charge in [-0.25, -0.2) is 14.5 Å². The lowest BCUT2D eigenvalue weighted by molar-refractivity contribution is -0.286. The van der Waals surface area contributed by atoms with Crippen LogP contribution in [-0.4, -0.2) is 34.1 Å². The third-order valence-electron chi connectivity index (χ3n) is 7.47. The maximum Gasteiger partial charge on any atom is 0.586 e. The highest BCUT2D eigenvalue weighted by molar-refractivity contribution is 5.89. The fourth-order valence-electron chi connectivity index (χ4n) is 5.44. The molecule has 230 valence electrons. The van der Waals surface area contributed by atoms with E-state index in [1.54, 1.807) is 49.4 Å². The van der Waals surface area contributed by atoms with Gasteiger partial charge in [-0.1, -0.05) is 6.07 Å². The van der Waals surface area contributed by atoms with E-state index in [0.717, 1.165) is 0 Å². The van der Waals surface area contributed by atoms with Crippen LogP contribution in [0.4, 0.5) is 33.5 Å². The van der Waals surface area contributed by atoms with Gasteiger partial charge in [0.05, 0.1) is 36.1 Å². The third-order valence-corrected chi connectivity index (χ3v) is 7.47. The normalized spacial score (nSPS) is 17.5. The highest BCUT2D eigenvalue weighted by atomic mass is 19.4. The van der Waals surface area contributed by atoms with Gasteiger partial charge < -0.3 is 24.8 Å². The Balaban J connectivity index is 1.30. The lowest BCUT2D eigenvalue weighted by atomic mass is 9.91. The topological polar surface area (TPSA) is 99.5 Å². The maximum absolute atomic E-state index is 14.2. The van der Waals surface area contributed by atoms with Crippen LogP contribution in [0.2, 0.25) is 0 Å². The first-order chi connectivity index (χ1) is 20.9. The van der Waals surface area contributed by atoms with Crippen molar-refractivity contribution in [2.24, 2.45) is 0 Å². The minimum absolute atomic E-state index is 0.0856. The van der Waals surface area contributed by atoms with Gasteiger partial charge in [-0.3, -0.25) is 0 Å². The molecule has 0 fully saturated rings. The molecule has 4 aromatic rings. The molecule has 2 atom stereocenters. The van der Waals surface area contributed by atoms with Crippen LogP contribution in [0.3, 0.4) is 0 Å². The molecule has 44 heavy (non-hydrogen) atoms. The van der Waals surface area contributed by atoms with E-state index in [-0.39, 0.29) is 23.5 Å². The van der Waals surface area contributed by atoms with E-state index in [9.17, 15) is 26.7 Å². The van der Waals surface area contributed by atoms with Gasteiger partial charge in [-0.2, -0.15) is 18.3 Å². The van der Waals surface area contributed by atoms with Crippen LogP contribution < -0.4 is 20.1 Å². The number of rotatable bonds is 7. The van der Waals surface area contributed by atoms with Gasteiger partial charge in [0.15, 0.2) is 17.2 Å². The first kappa shape index (κ1) is 29.2. The molecule has 0 saturated carbocycles. The summed E-state index contributed by atoms with van der Waals surface area (Å²) in [7, 11) is 1.28. The summed E-state index contributed by atoms with van der Waals surface area (Å²) in [6.45, 7) is 1.77. The average molecular weight is 616 g/mol. The molecular weight excluding hydrogens is 589 g/mol. The molecule has 3 heterocycles. The van der Waals surface area contributed by atoms with E-state index < -0.39 is 36.2 Å². The first-order valence-electron chi connectivity index (χ1n) is 13.7. The molecule has 9 nitrogen and oxygen atoms in total. The number of esters is 1. The van der Waals surface area contributed by atoms with Crippen molar-refractivity contribution in [3.63, 3.8) is 0 Å². The minimum atomic E-state index is -4.67. The summed E-state index contributed by atoms with van der Waals surface area (Å²) < 4.78 is 84.4. The number of nitrogens with zero attached hydrogens (tertiary/aromatic N) is 3. The number of anilines is 2. The lowest BCUT2D eigenvalue weighted by Crippen LogP contribution is -2.25. The second-order valence-corrected chi connectivity index (χ2v) is 10.4. The van der Waals surface area contributed by atoms with Gasteiger partial charge in [-0.05, 0) is 74.2 Å². The van der Waals surface area contributed by atoms with Gasteiger partial charge >= 0.3 is 18.4 Å². The van der Waals surface area contributed by atoms with Crippen LogP contribution in [0, 0.1) is 0 Å². The van der Waals surface area contributed by atoms with Crippen LogP contribution in [-0.2, 0) is 17.3 Å². The van der Waals surface area contributed by atoms with Gasteiger partial charge in [0, 0.05) is 23.5 Å². The lowest BCUT2D eigenvalue weighted by Gasteiger charge is -2.27. The second-order valence-electron chi connectivity index (χ2n) is 10.4. The molecule has 2 aromatic heterocycles. The molecule has 2 N–H and O–H groups in total. The molecule has 2 aromatic carbocycles. The summed E-state index contributed by atoms with van der Waals surface area (Å²) in [6.07, 6.45) is -5.70. The Labute approximate surface area is 247 Å². The highest BCUT2D eigenvalue weighted by Crippen LogP contribution is 2.43. The minimum Gasteiger partial charge on any atom is -0.465 e. The average Bonchev–Trinajstić information content (AvgIpc) is 3.54. The van der Waals surface area contributed by atoms with Crippen LogP contribution in [0.1, 0.15) is 64.7 Å². The Morgan fingerprint density at radius 3 is 2.57 bits per heavy atom. The molecule has 0 radical (unpaired) electrons. The Hall–Kier alpha value is -4.88. The number of ether oxygens (including phenoxy) is 3. The number of pyridine rings is 1. The smallest absolute Gasteiger partial charge is 0.465 e. The number of carbonyl (C=O) groups is 1. The number of nitrogens with one attached hydrogen (secondary N) is 2. The molecule has 1 aliphatic heterocycles. The van der Waals surface area contributed by atoms with Crippen molar-refractivity contribution in [3.8, 4) is 17.2 Å². The summed E-state index contributed by atoms with van der Waals surface area (Å²) in [5.41, 5.74) is 1.45. The molecule has 14 heteroatoms. The number of hydrogen-bond donors (Lipinski definition) is 2. The number of halogens is 5. The van der Waals surface area contributed by atoms with Crippen molar-refractivity contribution in [3.05, 3.63) is 88.9 Å². The summed E-state index contributed by atoms with van der Waals surface area (Å²) in [6, 6.07) is 13.0. The fraction of sp³-hybridized carbons (Fsp3) is 0.300. The van der Waals surface area contributed by atoms with E-state index >= 15 is 0 Å². The molecule has 0 bridgehead atoms. The SMILES string of the molecule is COC(=O)c1ccc(NC2CCCc3c(C(F)(F)F)nn(-c4ccnc(N[C@@H](C)c5ccc6c(c5)OC(F)(F)O6)c4)c32)cc1. The zero-order valence-corrected chi connectivity index (χ0v) is 23.4. The third kappa shape index (κ3) is 5.71. The highest BCUT2D eigenvalue weighted by Gasteiger charge is 2.44. The molecule has 1 unspecified atom stereocenters. The molecule has 0 spiro atoms. The van der Waals surface area contributed by atoms with E-state index in [1.165, 1.54) is 30.1 Å². The largest absolute Gasteiger partial charge is 0.586 e. The number of methoxy groups -OCH3 is 1. The van der Waals surface area contributed by atoms with E-state index in [2.05, 4.69) is 30.2 Å². The number of benzene rings is 2. The Morgan fingerprint density at radius 1 is 1.09 bits per heavy atom. The van der Waals surface area contributed by atoms with Crippen molar-refractivity contribution in [2.45, 2.75) is 50.7 Å². The van der Waals surface area contributed by atoms with Crippen molar-refractivity contribution >= 4 is 17.5 Å². The number of carbonyl (C=O) groups excluding carboxylic acids is 1. The van der Waals surface area contributed by atoms with E-state index in [4.69, 9.17) is 4.74 Å². The van der Waals surface area contributed by atoms with Crippen molar-refractivity contribution < 1.29 is 41.0 Å². The van der Waals surface area contributed by atoms with Crippen LogP contribution >= 0.6 is 0 Å². The quantitative estimate of drug-likeness (QED) is 0.169. The molecule has 1 aliphatic carbocycles. The Morgan fingerprint density at radius 2 is 1.84 bits per heavy atom. The van der Waals surface area contributed by atoms with E-state index in [1.807, 2.05) is 0 Å².